The lowest BCUT2D eigenvalue weighted by Crippen LogP contribution is -2.56. The highest BCUT2D eigenvalue weighted by atomic mass is 16.1. The monoisotopic (exact) mass is 412 g/mol. The number of carbonyl (C=O) groups is 2. The van der Waals surface area contributed by atoms with Crippen LogP contribution in [0.5, 0.6) is 0 Å². The predicted octanol–water partition coefficient (Wildman–Crippen LogP) is 6.16. The third-order valence-corrected chi connectivity index (χ3v) is 8.68. The fourth-order valence-corrected chi connectivity index (χ4v) is 7.30. The second-order valence-corrected chi connectivity index (χ2v) is 10.7. The molecule has 0 aromatic heterocycles. The molecule has 3 atom stereocenters. The first-order chi connectivity index (χ1) is 14.3. The van der Waals surface area contributed by atoms with E-state index in [-0.39, 0.29) is 22.4 Å². The number of Topliss-reactive ketones (excluding diaryl/α,β-unsaturated/α-hetero) is 2. The number of hydrogen-bond acceptors (Lipinski definition) is 2. The molecule has 3 aliphatic carbocycles. The molecule has 0 fully saturated rings. The van der Waals surface area contributed by atoms with E-state index in [2.05, 4.69) is 53.2 Å². The third-order valence-electron chi connectivity index (χ3n) is 8.68. The van der Waals surface area contributed by atoms with Gasteiger partial charge in [0.05, 0.1) is 11.0 Å². The van der Waals surface area contributed by atoms with Gasteiger partial charge in [0.2, 0.25) is 0 Å². The highest BCUT2D eigenvalue weighted by Crippen LogP contribution is 2.67. The Balaban J connectivity index is 2.04. The van der Waals surface area contributed by atoms with Crippen molar-refractivity contribution in [1.29, 1.82) is 0 Å². The van der Waals surface area contributed by atoms with Crippen molar-refractivity contribution in [2.75, 3.05) is 0 Å². The summed E-state index contributed by atoms with van der Waals surface area (Å²) in [5, 5.41) is 0. The van der Waals surface area contributed by atoms with Gasteiger partial charge in [-0.25, -0.2) is 0 Å². The Labute approximate surface area is 186 Å². The molecule has 0 bridgehead atoms. The Morgan fingerprint density at radius 1 is 1.13 bits per heavy atom. The minimum absolute atomic E-state index is 0.0222. The van der Waals surface area contributed by atoms with Gasteiger partial charge in [0.25, 0.3) is 0 Å². The van der Waals surface area contributed by atoms with E-state index in [1.807, 2.05) is 13.0 Å². The molecule has 1 aromatic rings. The maximum Gasteiger partial charge on any atom is 0.176 e. The summed E-state index contributed by atoms with van der Waals surface area (Å²) in [6, 6.07) is 4.11. The van der Waals surface area contributed by atoms with Crippen LogP contribution in [0.15, 0.2) is 41.0 Å². The zero-order valence-electron chi connectivity index (χ0n) is 19.9. The van der Waals surface area contributed by atoms with Gasteiger partial charge in [0, 0.05) is 5.56 Å². The molecule has 1 aromatic carbocycles. The molecular weight excluding hydrogens is 380 g/mol. The lowest BCUT2D eigenvalue weighted by atomic mass is 9.42. The van der Waals surface area contributed by atoms with E-state index in [4.69, 9.17) is 6.42 Å². The van der Waals surface area contributed by atoms with Crippen LogP contribution in [0.25, 0.3) is 5.57 Å². The summed E-state index contributed by atoms with van der Waals surface area (Å²) in [5.74, 6) is 2.73. The van der Waals surface area contributed by atoms with Crippen molar-refractivity contribution in [2.24, 2.45) is 16.2 Å². The Hall–Kier alpha value is -2.66. The van der Waals surface area contributed by atoms with Crippen molar-refractivity contribution >= 4 is 17.1 Å². The number of benzene rings is 1. The summed E-state index contributed by atoms with van der Waals surface area (Å²) in [7, 11) is 0. The second kappa shape index (κ2) is 6.42. The van der Waals surface area contributed by atoms with E-state index < -0.39 is 5.41 Å². The Kier molecular flexibility index (Phi) is 4.47. The average Bonchev–Trinajstić information content (AvgIpc) is 2.64. The highest BCUT2D eigenvalue weighted by Gasteiger charge is 2.62. The van der Waals surface area contributed by atoms with E-state index in [0.717, 1.165) is 52.7 Å². The van der Waals surface area contributed by atoms with Gasteiger partial charge in [0.1, 0.15) is 0 Å². The largest absolute Gasteiger partial charge is 0.294 e. The Morgan fingerprint density at radius 3 is 2.35 bits per heavy atom. The van der Waals surface area contributed by atoms with Gasteiger partial charge in [-0.15, -0.1) is 6.42 Å². The van der Waals surface area contributed by atoms with Gasteiger partial charge in [-0.2, -0.15) is 0 Å². The molecule has 0 saturated carbocycles. The standard InChI is InChI=1S/C29H32O2/c1-10-21-12-11-16(2)23-18(4)25-19(5)29(9)26(31)24(20(6)30)17(3)13-28(29,8)15-27(25,7)14-22(21)23/h1,11-12H,4,13-15H2,2-3,5-9H3/t27-,28+,29+/m1/s1. The first-order valence-corrected chi connectivity index (χ1v) is 11.1. The van der Waals surface area contributed by atoms with Gasteiger partial charge in [-0.1, -0.05) is 43.6 Å². The lowest BCUT2D eigenvalue weighted by molar-refractivity contribution is -0.134. The van der Waals surface area contributed by atoms with Crippen LogP contribution in [0.1, 0.15) is 76.6 Å². The van der Waals surface area contributed by atoms with Crippen LogP contribution in [-0.2, 0) is 16.0 Å². The van der Waals surface area contributed by atoms with Crippen LogP contribution in [0.4, 0.5) is 0 Å². The molecule has 0 heterocycles. The molecule has 0 spiro atoms. The summed E-state index contributed by atoms with van der Waals surface area (Å²) in [6.45, 7) is 18.8. The number of ketones is 2. The van der Waals surface area contributed by atoms with Crippen LogP contribution in [0.3, 0.4) is 0 Å². The number of carbonyl (C=O) groups excluding carboxylic acids is 2. The van der Waals surface area contributed by atoms with E-state index in [0.29, 0.717) is 5.57 Å². The summed E-state index contributed by atoms with van der Waals surface area (Å²) in [4.78, 5) is 26.3. The number of terminal acetylenes is 1. The molecule has 0 radical (unpaired) electrons. The molecule has 2 nitrogen and oxygen atoms in total. The van der Waals surface area contributed by atoms with E-state index in [1.165, 1.54) is 18.1 Å². The summed E-state index contributed by atoms with van der Waals surface area (Å²) in [6.07, 6.45) is 8.32. The third kappa shape index (κ3) is 2.53. The maximum absolute atomic E-state index is 13.9. The maximum atomic E-state index is 13.9. The summed E-state index contributed by atoms with van der Waals surface area (Å²) < 4.78 is 0. The number of fused-ring (bicyclic) bond motifs is 3. The number of aryl methyl sites for hydroxylation is 1. The molecule has 3 aliphatic rings. The van der Waals surface area contributed by atoms with Crippen molar-refractivity contribution in [1.82, 2.24) is 0 Å². The lowest BCUT2D eigenvalue weighted by Gasteiger charge is -2.60. The SMILES string of the molecule is C#Cc1ccc(C)c2c1C[C@]1(C)C[C@]3(C)CC(C)=C(C(C)=O)C(=O)[C@]3(C)C(C)=C1C2=C. The van der Waals surface area contributed by atoms with Crippen molar-refractivity contribution in [3.05, 3.63) is 63.3 Å². The fourth-order valence-electron chi connectivity index (χ4n) is 7.30. The van der Waals surface area contributed by atoms with Crippen LogP contribution in [0, 0.1) is 35.5 Å². The Bertz CT molecular complexity index is 1200. The number of hydrogen-bond donors (Lipinski definition) is 0. The molecule has 0 unspecified atom stereocenters. The molecule has 0 N–H and O–H groups in total. The molecule has 4 rings (SSSR count). The summed E-state index contributed by atoms with van der Waals surface area (Å²) in [5.41, 5.74) is 7.86. The second-order valence-electron chi connectivity index (χ2n) is 10.7. The minimum atomic E-state index is -0.722. The topological polar surface area (TPSA) is 34.1 Å². The Morgan fingerprint density at radius 2 is 1.77 bits per heavy atom. The van der Waals surface area contributed by atoms with E-state index in [9.17, 15) is 9.59 Å². The summed E-state index contributed by atoms with van der Waals surface area (Å²) >= 11 is 0. The number of allylic oxidation sites excluding steroid dienone is 5. The van der Waals surface area contributed by atoms with Crippen molar-refractivity contribution < 1.29 is 9.59 Å². The van der Waals surface area contributed by atoms with Crippen LogP contribution >= 0.6 is 0 Å². The smallest absolute Gasteiger partial charge is 0.176 e. The first kappa shape index (κ1) is 21.6. The van der Waals surface area contributed by atoms with Crippen molar-refractivity contribution in [3.63, 3.8) is 0 Å². The van der Waals surface area contributed by atoms with Gasteiger partial charge >= 0.3 is 0 Å². The van der Waals surface area contributed by atoms with Crippen molar-refractivity contribution in [2.45, 2.75) is 67.7 Å². The molecule has 0 aliphatic heterocycles. The van der Waals surface area contributed by atoms with Gasteiger partial charge < -0.3 is 0 Å². The van der Waals surface area contributed by atoms with Crippen LogP contribution in [0.2, 0.25) is 0 Å². The van der Waals surface area contributed by atoms with Crippen LogP contribution in [-0.4, -0.2) is 11.6 Å². The first-order valence-electron chi connectivity index (χ1n) is 11.1. The minimum Gasteiger partial charge on any atom is -0.294 e. The fraction of sp³-hybridized carbons (Fsp3) is 0.448. The molecule has 0 saturated heterocycles. The van der Waals surface area contributed by atoms with E-state index in [1.54, 1.807) is 0 Å². The average molecular weight is 413 g/mol. The van der Waals surface area contributed by atoms with Gasteiger partial charge in [-0.3, -0.25) is 9.59 Å². The van der Waals surface area contributed by atoms with Crippen LogP contribution < -0.4 is 0 Å². The van der Waals surface area contributed by atoms with E-state index >= 15 is 0 Å². The number of rotatable bonds is 1. The molecule has 31 heavy (non-hydrogen) atoms. The predicted molar refractivity (Wildman–Crippen MR) is 126 cm³/mol. The van der Waals surface area contributed by atoms with Gasteiger partial charge in [0.15, 0.2) is 11.6 Å². The quantitative estimate of drug-likeness (QED) is 0.409. The van der Waals surface area contributed by atoms with Crippen molar-refractivity contribution in [3.8, 4) is 12.3 Å². The molecule has 2 heteroatoms. The highest BCUT2D eigenvalue weighted by molar-refractivity contribution is 6.23. The zero-order chi connectivity index (χ0) is 23.1. The van der Waals surface area contributed by atoms with Gasteiger partial charge in [-0.05, 0) is 98.6 Å². The molecule has 160 valence electrons. The molecular formula is C29H32O2. The zero-order valence-corrected chi connectivity index (χ0v) is 19.9. The molecule has 0 amide bonds. The normalized spacial score (nSPS) is 32.3.